The first-order chi connectivity index (χ1) is 11.2. The van der Waals surface area contributed by atoms with Gasteiger partial charge < -0.3 is 20.1 Å². The molecule has 1 aliphatic carbocycles. The lowest BCUT2D eigenvalue weighted by Gasteiger charge is -2.17. The number of ether oxygens (including phenoxy) is 1. The molecule has 3 unspecified atom stereocenters. The zero-order valence-electron chi connectivity index (χ0n) is 13.3. The standard InChI is InChI=1S/C19H26O4/c20-12-14(7-6-13-4-2-1-3-5-13)8-9-15-16-10-19(22)23-18(16)11-17(15)21/h1-5,8-9,14-22H,6-7,10-12H2/b9-8+/t14?,15-,16-,17-,18?,19?/m1/s1. The molecule has 1 saturated heterocycles. The molecular formula is C19H26O4. The molecular weight excluding hydrogens is 292 g/mol. The second-order valence-electron chi connectivity index (χ2n) is 6.76. The monoisotopic (exact) mass is 318 g/mol. The first-order valence-electron chi connectivity index (χ1n) is 8.52. The maximum Gasteiger partial charge on any atom is 0.155 e. The molecule has 4 heteroatoms. The summed E-state index contributed by atoms with van der Waals surface area (Å²) in [6, 6.07) is 10.3. The average molecular weight is 318 g/mol. The van der Waals surface area contributed by atoms with Crippen molar-refractivity contribution >= 4 is 0 Å². The van der Waals surface area contributed by atoms with Crippen molar-refractivity contribution in [3.05, 3.63) is 48.0 Å². The Hall–Kier alpha value is -1.20. The Morgan fingerprint density at radius 2 is 1.96 bits per heavy atom. The molecule has 1 aromatic rings. The van der Waals surface area contributed by atoms with Crippen molar-refractivity contribution in [1.82, 2.24) is 0 Å². The van der Waals surface area contributed by atoms with Crippen LogP contribution < -0.4 is 0 Å². The maximum absolute atomic E-state index is 10.2. The van der Waals surface area contributed by atoms with E-state index in [0.29, 0.717) is 12.8 Å². The van der Waals surface area contributed by atoms with Crippen molar-refractivity contribution in [1.29, 1.82) is 0 Å². The minimum Gasteiger partial charge on any atom is -0.396 e. The summed E-state index contributed by atoms with van der Waals surface area (Å²) >= 11 is 0. The molecule has 3 N–H and O–H groups in total. The van der Waals surface area contributed by atoms with Crippen molar-refractivity contribution in [2.75, 3.05) is 6.61 Å². The highest BCUT2D eigenvalue weighted by Crippen LogP contribution is 2.43. The Bertz CT molecular complexity index is 515. The third-order valence-corrected chi connectivity index (χ3v) is 5.18. The van der Waals surface area contributed by atoms with E-state index in [1.54, 1.807) is 0 Å². The molecule has 0 aromatic heterocycles. The zero-order chi connectivity index (χ0) is 16.2. The van der Waals surface area contributed by atoms with Gasteiger partial charge in [-0.2, -0.15) is 0 Å². The molecule has 2 fully saturated rings. The first kappa shape index (κ1) is 16.7. The molecule has 2 aliphatic rings. The summed E-state index contributed by atoms with van der Waals surface area (Å²) in [6.45, 7) is 0.110. The maximum atomic E-state index is 10.2. The van der Waals surface area contributed by atoms with E-state index in [-0.39, 0.29) is 30.5 Å². The first-order valence-corrected chi connectivity index (χ1v) is 8.52. The minimum absolute atomic E-state index is 0.0166. The summed E-state index contributed by atoms with van der Waals surface area (Å²) in [5.74, 6) is 0.293. The number of aliphatic hydroxyl groups is 3. The molecule has 1 aliphatic heterocycles. The van der Waals surface area contributed by atoms with Crippen LogP contribution >= 0.6 is 0 Å². The smallest absolute Gasteiger partial charge is 0.155 e. The van der Waals surface area contributed by atoms with Gasteiger partial charge in [0.1, 0.15) is 0 Å². The molecule has 6 atom stereocenters. The van der Waals surface area contributed by atoms with E-state index in [4.69, 9.17) is 4.74 Å². The summed E-state index contributed by atoms with van der Waals surface area (Å²) < 4.78 is 5.44. The van der Waals surface area contributed by atoms with Crippen molar-refractivity contribution in [2.45, 2.75) is 44.2 Å². The summed E-state index contributed by atoms with van der Waals surface area (Å²) in [5, 5.41) is 29.4. The Kier molecular flexibility index (Phi) is 5.49. The zero-order valence-corrected chi connectivity index (χ0v) is 13.3. The second-order valence-corrected chi connectivity index (χ2v) is 6.76. The van der Waals surface area contributed by atoms with Crippen molar-refractivity contribution in [3.8, 4) is 0 Å². The van der Waals surface area contributed by atoms with Gasteiger partial charge in [0.05, 0.1) is 12.2 Å². The lowest BCUT2D eigenvalue weighted by Crippen LogP contribution is -2.19. The van der Waals surface area contributed by atoms with Gasteiger partial charge in [-0.3, -0.25) is 0 Å². The normalized spacial score (nSPS) is 34.8. The highest BCUT2D eigenvalue weighted by molar-refractivity contribution is 5.15. The molecule has 0 spiro atoms. The van der Waals surface area contributed by atoms with E-state index >= 15 is 0 Å². The Labute approximate surface area is 137 Å². The molecule has 23 heavy (non-hydrogen) atoms. The molecule has 1 heterocycles. The molecule has 0 amide bonds. The van der Waals surface area contributed by atoms with Crippen LogP contribution in [0.2, 0.25) is 0 Å². The second kappa shape index (κ2) is 7.58. The lowest BCUT2D eigenvalue weighted by atomic mass is 9.89. The van der Waals surface area contributed by atoms with Gasteiger partial charge in [0, 0.05) is 31.3 Å². The SMILES string of the molecule is OCC(/C=C/[C@H]1[C@H](O)CC2OC(O)C[C@@H]21)CCc1ccccc1. The van der Waals surface area contributed by atoms with Gasteiger partial charge >= 0.3 is 0 Å². The van der Waals surface area contributed by atoms with E-state index < -0.39 is 12.4 Å². The van der Waals surface area contributed by atoms with Gasteiger partial charge in [-0.15, -0.1) is 0 Å². The number of rotatable bonds is 6. The van der Waals surface area contributed by atoms with Gasteiger partial charge in [-0.1, -0.05) is 42.5 Å². The Morgan fingerprint density at radius 1 is 1.17 bits per heavy atom. The predicted octanol–water partition coefficient (Wildman–Crippen LogP) is 1.89. The van der Waals surface area contributed by atoms with E-state index in [1.807, 2.05) is 30.4 Å². The van der Waals surface area contributed by atoms with Crippen molar-refractivity contribution < 1.29 is 20.1 Å². The lowest BCUT2D eigenvalue weighted by molar-refractivity contribution is -0.0949. The third kappa shape index (κ3) is 4.01. The minimum atomic E-state index is -0.694. The van der Waals surface area contributed by atoms with Gasteiger partial charge in [0.25, 0.3) is 0 Å². The number of aryl methyl sites for hydroxylation is 1. The molecule has 4 nitrogen and oxygen atoms in total. The van der Waals surface area contributed by atoms with Crippen molar-refractivity contribution in [3.63, 3.8) is 0 Å². The largest absolute Gasteiger partial charge is 0.396 e. The third-order valence-electron chi connectivity index (χ3n) is 5.18. The number of benzene rings is 1. The summed E-state index contributed by atoms with van der Waals surface area (Å²) in [6.07, 6.45) is 5.90. The van der Waals surface area contributed by atoms with E-state index in [2.05, 4.69) is 12.1 Å². The highest BCUT2D eigenvalue weighted by atomic mass is 16.6. The van der Waals surface area contributed by atoms with E-state index in [0.717, 1.165) is 12.8 Å². The fraction of sp³-hybridized carbons (Fsp3) is 0.579. The fourth-order valence-corrected chi connectivity index (χ4v) is 3.86. The summed E-state index contributed by atoms with van der Waals surface area (Å²) in [4.78, 5) is 0. The molecule has 0 radical (unpaired) electrons. The van der Waals surface area contributed by atoms with Crippen LogP contribution in [0.3, 0.4) is 0 Å². The molecule has 126 valence electrons. The Morgan fingerprint density at radius 3 is 2.70 bits per heavy atom. The van der Waals surface area contributed by atoms with Gasteiger partial charge in [0.15, 0.2) is 6.29 Å². The number of fused-ring (bicyclic) bond motifs is 1. The van der Waals surface area contributed by atoms with Gasteiger partial charge in [-0.25, -0.2) is 0 Å². The summed E-state index contributed by atoms with van der Waals surface area (Å²) in [5.41, 5.74) is 1.27. The molecule has 0 bridgehead atoms. The molecule has 3 rings (SSSR count). The van der Waals surface area contributed by atoms with Crippen LogP contribution in [0.1, 0.15) is 24.8 Å². The van der Waals surface area contributed by atoms with Gasteiger partial charge in [-0.05, 0) is 24.3 Å². The topological polar surface area (TPSA) is 69.9 Å². The van der Waals surface area contributed by atoms with Crippen molar-refractivity contribution in [2.24, 2.45) is 17.8 Å². The number of hydrogen-bond donors (Lipinski definition) is 3. The van der Waals surface area contributed by atoms with Crippen LogP contribution in [-0.2, 0) is 11.2 Å². The fourth-order valence-electron chi connectivity index (χ4n) is 3.86. The predicted molar refractivity (Wildman–Crippen MR) is 87.6 cm³/mol. The van der Waals surface area contributed by atoms with Crippen LogP contribution in [0.15, 0.2) is 42.5 Å². The van der Waals surface area contributed by atoms with Crippen LogP contribution in [-0.4, -0.2) is 40.4 Å². The van der Waals surface area contributed by atoms with Gasteiger partial charge in [0.2, 0.25) is 0 Å². The van der Waals surface area contributed by atoms with Crippen LogP contribution in [0.25, 0.3) is 0 Å². The van der Waals surface area contributed by atoms with Crippen LogP contribution in [0.5, 0.6) is 0 Å². The Balaban J connectivity index is 1.56. The number of hydrogen-bond acceptors (Lipinski definition) is 4. The highest BCUT2D eigenvalue weighted by Gasteiger charge is 2.47. The average Bonchev–Trinajstić information content (AvgIpc) is 3.04. The molecule has 1 saturated carbocycles. The summed E-state index contributed by atoms with van der Waals surface area (Å²) in [7, 11) is 0. The van der Waals surface area contributed by atoms with E-state index in [9.17, 15) is 15.3 Å². The van der Waals surface area contributed by atoms with Crippen LogP contribution in [0, 0.1) is 17.8 Å². The quantitative estimate of drug-likeness (QED) is 0.701. The number of aliphatic hydroxyl groups excluding tert-OH is 3. The van der Waals surface area contributed by atoms with Crippen LogP contribution in [0.4, 0.5) is 0 Å². The molecule has 1 aromatic carbocycles. The van der Waals surface area contributed by atoms with E-state index in [1.165, 1.54) is 5.56 Å².